The predicted molar refractivity (Wildman–Crippen MR) is 72.2 cm³/mol. The van der Waals surface area contributed by atoms with E-state index in [1.54, 1.807) is 4.90 Å². The van der Waals surface area contributed by atoms with Crippen LogP contribution in [-0.4, -0.2) is 53.7 Å². The van der Waals surface area contributed by atoms with Crippen LogP contribution in [0.2, 0.25) is 0 Å². The number of urea groups is 2. The normalized spacial score (nSPS) is 35.9. The molecule has 0 aromatic carbocycles. The smallest absolute Gasteiger partial charge is 0.351 e. The van der Waals surface area contributed by atoms with Gasteiger partial charge in [0.25, 0.3) is 0 Å². The van der Waals surface area contributed by atoms with Gasteiger partial charge in [0.15, 0.2) is 0 Å². The number of likely N-dealkylation sites (tertiary alicyclic amines) is 2. The lowest BCUT2D eigenvalue weighted by atomic mass is 9.87. The van der Waals surface area contributed by atoms with Crippen molar-refractivity contribution in [3.8, 4) is 0 Å². The van der Waals surface area contributed by atoms with Crippen molar-refractivity contribution in [1.29, 1.82) is 0 Å². The molecule has 0 saturated carbocycles. The molecule has 0 aliphatic carbocycles. The molecular weight excluding hydrogens is 244 g/mol. The number of rotatable bonds is 1. The number of carbonyl (C=O) groups excluding carboxylic acids is 2. The highest BCUT2D eigenvalue weighted by atomic mass is 16.2. The van der Waals surface area contributed by atoms with E-state index in [0.717, 1.165) is 45.1 Å². The third kappa shape index (κ3) is 2.54. The van der Waals surface area contributed by atoms with E-state index in [1.807, 2.05) is 7.05 Å². The summed E-state index contributed by atoms with van der Waals surface area (Å²) >= 11 is 0. The predicted octanol–water partition coefficient (Wildman–Crippen LogP) is 0.997. The van der Waals surface area contributed by atoms with E-state index in [4.69, 9.17) is 11.5 Å². The molecule has 6 nitrogen and oxygen atoms in total. The summed E-state index contributed by atoms with van der Waals surface area (Å²) in [7, 11) is 1.90. The van der Waals surface area contributed by atoms with Crippen molar-refractivity contribution in [2.45, 2.75) is 50.6 Å². The highest BCUT2D eigenvalue weighted by Gasteiger charge is 2.48. The summed E-state index contributed by atoms with van der Waals surface area (Å²) in [5.41, 5.74) is 11.1. The lowest BCUT2D eigenvalue weighted by Crippen LogP contribution is -2.68. The minimum absolute atomic E-state index is 0.0593. The fourth-order valence-electron chi connectivity index (χ4n) is 3.72. The molecule has 0 bridgehead atoms. The van der Waals surface area contributed by atoms with Crippen LogP contribution in [0.15, 0.2) is 0 Å². The SMILES string of the molecule is C[N+]1(C(N)=O)CCCCC1C1CCCCN1C(N)=O. The molecular formula is C13H25N4O2+. The average Bonchev–Trinajstić information content (AvgIpc) is 2.39. The molecule has 2 heterocycles. The Kier molecular flexibility index (Phi) is 3.99. The van der Waals surface area contributed by atoms with Gasteiger partial charge in [-0.2, -0.15) is 0 Å². The van der Waals surface area contributed by atoms with Gasteiger partial charge in [-0.25, -0.2) is 14.1 Å². The maximum absolute atomic E-state index is 11.9. The third-order valence-corrected chi connectivity index (χ3v) is 4.88. The molecule has 3 unspecified atom stereocenters. The number of nitrogens with zero attached hydrogens (tertiary/aromatic N) is 2. The minimum atomic E-state index is -0.369. The number of piperidine rings is 2. The molecule has 6 heteroatoms. The van der Waals surface area contributed by atoms with Crippen molar-refractivity contribution in [2.75, 3.05) is 20.1 Å². The van der Waals surface area contributed by atoms with Gasteiger partial charge in [-0.05, 0) is 32.1 Å². The van der Waals surface area contributed by atoms with Gasteiger partial charge in [0.2, 0.25) is 0 Å². The number of carbonyl (C=O) groups is 2. The summed E-state index contributed by atoms with van der Waals surface area (Å²) in [5.74, 6) is 0. The second kappa shape index (κ2) is 5.36. The van der Waals surface area contributed by atoms with Gasteiger partial charge in [-0.15, -0.1) is 0 Å². The van der Waals surface area contributed by atoms with Crippen molar-refractivity contribution in [2.24, 2.45) is 11.5 Å². The first-order valence-corrected chi connectivity index (χ1v) is 7.18. The van der Waals surface area contributed by atoms with Crippen LogP contribution in [0.25, 0.3) is 0 Å². The van der Waals surface area contributed by atoms with Crippen molar-refractivity contribution in [3.63, 3.8) is 0 Å². The Morgan fingerprint density at radius 1 is 1.11 bits per heavy atom. The first kappa shape index (κ1) is 14.1. The molecule has 2 saturated heterocycles. The van der Waals surface area contributed by atoms with Gasteiger partial charge >= 0.3 is 12.1 Å². The van der Waals surface area contributed by atoms with Crippen LogP contribution in [0.3, 0.4) is 0 Å². The Morgan fingerprint density at radius 2 is 1.79 bits per heavy atom. The lowest BCUT2D eigenvalue weighted by Gasteiger charge is -2.48. The van der Waals surface area contributed by atoms with Gasteiger partial charge in [0.1, 0.15) is 6.04 Å². The molecule has 3 atom stereocenters. The number of nitrogens with two attached hydrogens (primary N) is 2. The summed E-state index contributed by atoms with van der Waals surface area (Å²) in [6.45, 7) is 1.47. The Balaban J connectivity index is 2.25. The topological polar surface area (TPSA) is 89.4 Å². The monoisotopic (exact) mass is 269 g/mol. The zero-order valence-corrected chi connectivity index (χ0v) is 11.7. The van der Waals surface area contributed by atoms with Crippen molar-refractivity contribution in [3.05, 3.63) is 0 Å². The van der Waals surface area contributed by atoms with Crippen molar-refractivity contribution < 1.29 is 14.1 Å². The molecule has 2 aliphatic rings. The van der Waals surface area contributed by atoms with Gasteiger partial charge in [-0.1, -0.05) is 0 Å². The maximum atomic E-state index is 11.9. The third-order valence-electron chi connectivity index (χ3n) is 4.88. The molecule has 2 fully saturated rings. The number of primary amides is 2. The molecule has 4 amide bonds. The van der Waals surface area contributed by atoms with Crippen LogP contribution >= 0.6 is 0 Å². The van der Waals surface area contributed by atoms with Crippen LogP contribution in [0.5, 0.6) is 0 Å². The van der Waals surface area contributed by atoms with E-state index in [9.17, 15) is 9.59 Å². The van der Waals surface area contributed by atoms with Crippen LogP contribution in [-0.2, 0) is 0 Å². The van der Waals surface area contributed by atoms with E-state index in [-0.39, 0.29) is 28.6 Å². The van der Waals surface area contributed by atoms with E-state index in [2.05, 4.69) is 0 Å². The fourth-order valence-corrected chi connectivity index (χ4v) is 3.72. The number of hydrogen-bond acceptors (Lipinski definition) is 2. The highest BCUT2D eigenvalue weighted by molar-refractivity contribution is 5.72. The fraction of sp³-hybridized carbons (Fsp3) is 0.846. The molecule has 0 spiro atoms. The second-order valence-electron chi connectivity index (χ2n) is 5.99. The van der Waals surface area contributed by atoms with Crippen LogP contribution in [0, 0.1) is 0 Å². The molecule has 0 aromatic heterocycles. The van der Waals surface area contributed by atoms with E-state index >= 15 is 0 Å². The maximum Gasteiger partial charge on any atom is 0.414 e. The van der Waals surface area contributed by atoms with E-state index in [1.165, 1.54) is 0 Å². The van der Waals surface area contributed by atoms with Gasteiger partial charge in [0, 0.05) is 13.0 Å². The van der Waals surface area contributed by atoms with Crippen LogP contribution < -0.4 is 11.5 Å². The Labute approximate surface area is 114 Å². The Hall–Kier alpha value is -1.30. The summed E-state index contributed by atoms with van der Waals surface area (Å²) in [6, 6.07) is -0.505. The number of likely N-dealkylation sites (N-methyl/N-ethyl adjacent to an activating group) is 1. The molecule has 0 radical (unpaired) electrons. The molecule has 19 heavy (non-hydrogen) atoms. The molecule has 2 aliphatic heterocycles. The quantitative estimate of drug-likeness (QED) is 0.695. The minimum Gasteiger partial charge on any atom is -0.351 e. The molecule has 4 N–H and O–H groups in total. The van der Waals surface area contributed by atoms with Crippen LogP contribution in [0.1, 0.15) is 38.5 Å². The summed E-state index contributed by atoms with van der Waals surface area (Å²) in [4.78, 5) is 25.2. The number of quaternary nitrogens is 1. The van der Waals surface area contributed by atoms with Crippen molar-refractivity contribution in [1.82, 2.24) is 4.90 Å². The highest BCUT2D eigenvalue weighted by Crippen LogP contribution is 2.32. The van der Waals surface area contributed by atoms with Gasteiger partial charge in [-0.3, -0.25) is 0 Å². The van der Waals surface area contributed by atoms with E-state index < -0.39 is 0 Å². The van der Waals surface area contributed by atoms with Gasteiger partial charge in [0.05, 0.1) is 19.6 Å². The first-order chi connectivity index (χ1) is 8.97. The summed E-state index contributed by atoms with van der Waals surface area (Å²) in [5, 5.41) is 0. The summed E-state index contributed by atoms with van der Waals surface area (Å²) < 4.78 is 0.244. The second-order valence-corrected chi connectivity index (χ2v) is 5.99. The number of hydrogen-bond donors (Lipinski definition) is 2. The number of amides is 4. The average molecular weight is 269 g/mol. The molecule has 108 valence electrons. The first-order valence-electron chi connectivity index (χ1n) is 7.18. The Morgan fingerprint density at radius 3 is 2.42 bits per heavy atom. The molecule has 0 aromatic rings. The van der Waals surface area contributed by atoms with Gasteiger partial charge < -0.3 is 16.4 Å². The zero-order valence-electron chi connectivity index (χ0n) is 11.7. The van der Waals surface area contributed by atoms with E-state index in [0.29, 0.717) is 6.54 Å². The standard InChI is InChI=1S/C13H24N4O2/c1-17(13(15)19)9-5-3-7-11(17)10-6-2-4-8-16(10)12(14)18/h10-11H,2-9H2,1H3,(H3-,14,15,18,19)/p+1. The Bertz CT molecular complexity index is 374. The summed E-state index contributed by atoms with van der Waals surface area (Å²) in [6.07, 6.45) is 6.05. The van der Waals surface area contributed by atoms with Crippen LogP contribution in [0.4, 0.5) is 9.59 Å². The zero-order chi connectivity index (χ0) is 14.0. The molecule has 2 rings (SSSR count). The lowest BCUT2D eigenvalue weighted by molar-refractivity contribution is -0.864. The van der Waals surface area contributed by atoms with Crippen molar-refractivity contribution >= 4 is 12.1 Å². The largest absolute Gasteiger partial charge is 0.414 e.